The van der Waals surface area contributed by atoms with Gasteiger partial charge in [0.25, 0.3) is 0 Å². The fourth-order valence-electron chi connectivity index (χ4n) is 3.02. The standard InChI is InChI=1S/C22H21N5O2S/c1-29-18-9-7-16(8-10-18)11-12-23-20(28)14-30-22-19-13-26-27(21(19)24-15-25-22)17-5-3-2-4-6-17/h2-10,13,15H,11-12,14H2,1H3,(H,23,28). The van der Waals surface area contributed by atoms with Gasteiger partial charge in [0.2, 0.25) is 5.91 Å². The lowest BCUT2D eigenvalue weighted by Gasteiger charge is -2.07. The van der Waals surface area contributed by atoms with Gasteiger partial charge in [-0.2, -0.15) is 5.10 Å². The third-order valence-electron chi connectivity index (χ3n) is 4.56. The van der Waals surface area contributed by atoms with Crippen molar-refractivity contribution in [2.75, 3.05) is 19.4 Å². The van der Waals surface area contributed by atoms with E-state index in [0.717, 1.165) is 39.5 Å². The molecule has 4 rings (SSSR count). The molecule has 0 aliphatic carbocycles. The van der Waals surface area contributed by atoms with E-state index in [0.29, 0.717) is 6.54 Å². The summed E-state index contributed by atoms with van der Waals surface area (Å²) >= 11 is 1.38. The van der Waals surface area contributed by atoms with Crippen molar-refractivity contribution in [1.82, 2.24) is 25.1 Å². The van der Waals surface area contributed by atoms with Gasteiger partial charge < -0.3 is 10.1 Å². The molecule has 0 aliphatic rings. The van der Waals surface area contributed by atoms with E-state index in [-0.39, 0.29) is 11.7 Å². The lowest BCUT2D eigenvalue weighted by molar-refractivity contribution is -0.118. The molecule has 8 heteroatoms. The highest BCUT2D eigenvalue weighted by atomic mass is 32.2. The quantitative estimate of drug-likeness (QED) is 0.349. The van der Waals surface area contributed by atoms with E-state index >= 15 is 0 Å². The van der Waals surface area contributed by atoms with Gasteiger partial charge in [-0.05, 0) is 36.2 Å². The van der Waals surface area contributed by atoms with Crippen LogP contribution in [0.3, 0.4) is 0 Å². The molecule has 0 unspecified atom stereocenters. The van der Waals surface area contributed by atoms with Crippen LogP contribution in [0, 0.1) is 0 Å². The third kappa shape index (κ3) is 4.60. The molecule has 0 aliphatic heterocycles. The Morgan fingerprint density at radius 3 is 2.67 bits per heavy atom. The van der Waals surface area contributed by atoms with Crippen LogP contribution >= 0.6 is 11.8 Å². The summed E-state index contributed by atoms with van der Waals surface area (Å²) in [6.45, 7) is 0.580. The third-order valence-corrected chi connectivity index (χ3v) is 5.57. The minimum absolute atomic E-state index is 0.0317. The fraction of sp³-hybridized carbons (Fsp3) is 0.182. The summed E-state index contributed by atoms with van der Waals surface area (Å²) in [5.41, 5.74) is 2.80. The highest BCUT2D eigenvalue weighted by molar-refractivity contribution is 8.00. The first-order valence-corrected chi connectivity index (χ1v) is 10.5. The number of ether oxygens (including phenoxy) is 1. The summed E-state index contributed by atoms with van der Waals surface area (Å²) < 4.78 is 6.93. The van der Waals surface area contributed by atoms with Crippen LogP contribution in [0.2, 0.25) is 0 Å². The largest absolute Gasteiger partial charge is 0.497 e. The smallest absolute Gasteiger partial charge is 0.230 e. The molecule has 2 aromatic heterocycles. The number of rotatable bonds is 8. The number of hydrogen-bond acceptors (Lipinski definition) is 6. The molecule has 30 heavy (non-hydrogen) atoms. The van der Waals surface area contributed by atoms with Crippen LogP contribution in [-0.4, -0.2) is 45.1 Å². The van der Waals surface area contributed by atoms with Crippen LogP contribution in [0.1, 0.15) is 5.56 Å². The van der Waals surface area contributed by atoms with E-state index in [1.54, 1.807) is 18.0 Å². The zero-order valence-electron chi connectivity index (χ0n) is 16.5. The molecule has 0 saturated heterocycles. The Morgan fingerprint density at radius 2 is 1.90 bits per heavy atom. The van der Waals surface area contributed by atoms with Crippen LogP contribution < -0.4 is 10.1 Å². The second-order valence-corrected chi connectivity index (χ2v) is 7.51. The number of aromatic nitrogens is 4. The van der Waals surface area contributed by atoms with Gasteiger partial charge in [-0.15, -0.1) is 0 Å². The predicted octanol–water partition coefficient (Wildman–Crippen LogP) is 3.28. The highest BCUT2D eigenvalue weighted by Gasteiger charge is 2.12. The van der Waals surface area contributed by atoms with Crippen molar-refractivity contribution in [3.63, 3.8) is 0 Å². The zero-order valence-corrected chi connectivity index (χ0v) is 17.3. The van der Waals surface area contributed by atoms with Gasteiger partial charge in [0.15, 0.2) is 5.65 Å². The number of fused-ring (bicyclic) bond motifs is 1. The molecule has 7 nitrogen and oxygen atoms in total. The maximum absolute atomic E-state index is 12.3. The molecule has 0 spiro atoms. The van der Waals surface area contributed by atoms with E-state index in [1.165, 1.54) is 18.1 Å². The average Bonchev–Trinajstić information content (AvgIpc) is 3.23. The van der Waals surface area contributed by atoms with Crippen LogP contribution in [0.25, 0.3) is 16.7 Å². The number of carbonyl (C=O) groups is 1. The first-order chi connectivity index (χ1) is 14.7. The van der Waals surface area contributed by atoms with E-state index in [4.69, 9.17) is 4.74 Å². The van der Waals surface area contributed by atoms with E-state index in [9.17, 15) is 4.79 Å². The van der Waals surface area contributed by atoms with Crippen molar-refractivity contribution >= 4 is 28.7 Å². The van der Waals surface area contributed by atoms with Crippen LogP contribution in [0.4, 0.5) is 0 Å². The first-order valence-electron chi connectivity index (χ1n) is 9.51. The van der Waals surface area contributed by atoms with Gasteiger partial charge in [-0.3, -0.25) is 4.79 Å². The second kappa shape index (κ2) is 9.41. The summed E-state index contributed by atoms with van der Waals surface area (Å²) in [5.74, 6) is 1.08. The Labute approximate surface area is 178 Å². The van der Waals surface area contributed by atoms with Gasteiger partial charge in [0, 0.05) is 6.54 Å². The number of nitrogens with zero attached hydrogens (tertiary/aromatic N) is 4. The summed E-state index contributed by atoms with van der Waals surface area (Å²) in [5, 5.41) is 8.97. The lowest BCUT2D eigenvalue weighted by Crippen LogP contribution is -2.27. The van der Waals surface area contributed by atoms with Gasteiger partial charge in [0.05, 0.1) is 30.1 Å². The number of benzene rings is 2. The van der Waals surface area contributed by atoms with Gasteiger partial charge in [-0.25, -0.2) is 14.6 Å². The summed E-state index contributed by atoms with van der Waals surface area (Å²) in [4.78, 5) is 21.0. The Balaban J connectivity index is 1.34. The second-order valence-electron chi connectivity index (χ2n) is 6.54. The van der Waals surface area contributed by atoms with Crippen LogP contribution in [0.15, 0.2) is 72.1 Å². The minimum Gasteiger partial charge on any atom is -0.497 e. The average molecular weight is 420 g/mol. The molecule has 1 amide bonds. The topological polar surface area (TPSA) is 81.9 Å². The minimum atomic E-state index is -0.0317. The first kappa shape index (κ1) is 19.9. The van der Waals surface area contributed by atoms with E-state index in [1.807, 2.05) is 54.6 Å². The molecule has 2 heterocycles. The van der Waals surface area contributed by atoms with Crippen molar-refractivity contribution in [3.8, 4) is 11.4 Å². The van der Waals surface area contributed by atoms with Crippen LogP contribution in [0.5, 0.6) is 5.75 Å². The highest BCUT2D eigenvalue weighted by Crippen LogP contribution is 2.25. The summed E-state index contributed by atoms with van der Waals surface area (Å²) in [6.07, 6.45) is 4.02. The Bertz CT molecular complexity index is 1130. The molecule has 152 valence electrons. The molecule has 1 N–H and O–H groups in total. The lowest BCUT2D eigenvalue weighted by atomic mass is 10.1. The molecule has 0 bridgehead atoms. The van der Waals surface area contributed by atoms with Crippen molar-refractivity contribution in [2.24, 2.45) is 0 Å². The molecule has 0 saturated carbocycles. The Kier molecular flexibility index (Phi) is 6.24. The van der Waals surface area contributed by atoms with Gasteiger partial charge >= 0.3 is 0 Å². The SMILES string of the molecule is COc1ccc(CCNC(=O)CSc2ncnc3c2cnn3-c2ccccc2)cc1. The number of carbonyl (C=O) groups excluding carboxylic acids is 1. The Hall–Kier alpha value is -3.39. The molecule has 0 atom stereocenters. The molecule has 0 fully saturated rings. The molecule has 2 aromatic carbocycles. The van der Waals surface area contributed by atoms with Gasteiger partial charge in [-0.1, -0.05) is 42.1 Å². The molecular formula is C22H21N5O2S. The van der Waals surface area contributed by atoms with E-state index in [2.05, 4.69) is 20.4 Å². The van der Waals surface area contributed by atoms with Crippen LogP contribution in [-0.2, 0) is 11.2 Å². The number of nitrogens with one attached hydrogen (secondary N) is 1. The number of amides is 1. The number of methoxy groups -OCH3 is 1. The number of thioether (sulfide) groups is 1. The molecule has 0 radical (unpaired) electrons. The summed E-state index contributed by atoms with van der Waals surface area (Å²) in [7, 11) is 1.64. The van der Waals surface area contributed by atoms with Crippen molar-refractivity contribution in [3.05, 3.63) is 72.7 Å². The van der Waals surface area contributed by atoms with Crippen molar-refractivity contribution < 1.29 is 9.53 Å². The zero-order chi connectivity index (χ0) is 20.8. The fourth-order valence-corrected chi connectivity index (χ4v) is 3.81. The summed E-state index contributed by atoms with van der Waals surface area (Å²) in [6, 6.07) is 17.6. The van der Waals surface area contributed by atoms with E-state index < -0.39 is 0 Å². The number of hydrogen-bond donors (Lipinski definition) is 1. The molecular weight excluding hydrogens is 398 g/mol. The van der Waals surface area contributed by atoms with Gasteiger partial charge in [0.1, 0.15) is 17.1 Å². The maximum Gasteiger partial charge on any atom is 0.230 e. The number of para-hydroxylation sites is 1. The van der Waals surface area contributed by atoms with Crippen molar-refractivity contribution in [1.29, 1.82) is 0 Å². The predicted molar refractivity (Wildman–Crippen MR) is 117 cm³/mol. The monoisotopic (exact) mass is 419 g/mol. The normalized spacial score (nSPS) is 10.8. The van der Waals surface area contributed by atoms with Crippen molar-refractivity contribution in [2.45, 2.75) is 11.4 Å². The Morgan fingerprint density at radius 1 is 1.10 bits per heavy atom. The maximum atomic E-state index is 12.3. The molecule has 4 aromatic rings.